The molecule has 0 aromatic heterocycles. The average molecular weight is 515 g/mol. The van der Waals surface area contributed by atoms with Gasteiger partial charge in [0.25, 0.3) is 8.32 Å². The second-order valence-corrected chi connectivity index (χ2v) is 17.2. The smallest absolute Gasteiger partial charge is 0.261 e. The highest BCUT2D eigenvalue weighted by Crippen LogP contribution is 2.59. The molecular weight excluding hydrogens is 468 g/mol. The van der Waals surface area contributed by atoms with E-state index in [4.69, 9.17) is 4.43 Å². The van der Waals surface area contributed by atoms with Crippen molar-refractivity contribution in [2.75, 3.05) is 6.61 Å². The van der Waals surface area contributed by atoms with Gasteiger partial charge in [-0.2, -0.15) is 0 Å². The van der Waals surface area contributed by atoms with Crippen LogP contribution >= 0.6 is 0 Å². The van der Waals surface area contributed by atoms with Gasteiger partial charge in [-0.3, -0.25) is 4.79 Å². The summed E-state index contributed by atoms with van der Waals surface area (Å²) in [4.78, 5) is 13.6. The molecule has 5 rings (SSSR count). The zero-order valence-electron chi connectivity index (χ0n) is 23.4. The van der Waals surface area contributed by atoms with Crippen molar-refractivity contribution in [3.63, 3.8) is 0 Å². The molecule has 2 aromatic rings. The van der Waals surface area contributed by atoms with Crippen molar-refractivity contribution in [2.24, 2.45) is 35.5 Å². The second kappa shape index (κ2) is 11.0. The summed E-state index contributed by atoms with van der Waals surface area (Å²) in [6, 6.07) is 21.9. The van der Waals surface area contributed by atoms with Crippen LogP contribution in [0.25, 0.3) is 0 Å². The number of fused-ring (bicyclic) bond motifs is 5. The molecule has 0 heterocycles. The van der Waals surface area contributed by atoms with Gasteiger partial charge in [-0.25, -0.2) is 0 Å². The number of ketones is 1. The largest absolute Gasteiger partial charge is 0.407 e. The van der Waals surface area contributed by atoms with E-state index in [2.05, 4.69) is 101 Å². The number of rotatable bonds is 11. The summed E-state index contributed by atoms with van der Waals surface area (Å²) < 4.78 is 7.11. The van der Waals surface area contributed by atoms with Crippen LogP contribution in [-0.2, 0) is 9.22 Å². The van der Waals surface area contributed by atoms with E-state index < -0.39 is 8.32 Å². The molecule has 2 bridgehead atoms. The minimum Gasteiger partial charge on any atom is -0.407 e. The van der Waals surface area contributed by atoms with Gasteiger partial charge in [-0.05, 0) is 64.8 Å². The summed E-state index contributed by atoms with van der Waals surface area (Å²) in [5.41, 5.74) is 0. The maximum atomic E-state index is 13.6. The highest BCUT2D eigenvalue weighted by molar-refractivity contribution is 6.99. The Bertz CT molecular complexity index is 1030. The lowest BCUT2D eigenvalue weighted by Crippen LogP contribution is -2.66. The number of carbonyl (C=O) groups is 1. The maximum Gasteiger partial charge on any atom is 0.261 e. The molecule has 37 heavy (non-hydrogen) atoms. The van der Waals surface area contributed by atoms with Crippen LogP contribution in [0.15, 0.2) is 72.8 Å². The second-order valence-electron chi connectivity index (χ2n) is 12.9. The molecule has 3 aliphatic carbocycles. The molecule has 198 valence electrons. The molecule has 0 aliphatic heterocycles. The third-order valence-corrected chi connectivity index (χ3v) is 14.8. The maximum absolute atomic E-state index is 13.6. The van der Waals surface area contributed by atoms with E-state index in [1.165, 1.54) is 36.1 Å². The Morgan fingerprint density at radius 3 is 2.05 bits per heavy atom. The van der Waals surface area contributed by atoms with E-state index in [1.54, 1.807) is 0 Å². The predicted molar refractivity (Wildman–Crippen MR) is 157 cm³/mol. The predicted octanol–water partition coefficient (Wildman–Crippen LogP) is 7.18. The van der Waals surface area contributed by atoms with E-state index >= 15 is 0 Å². The first-order chi connectivity index (χ1) is 17.9. The molecule has 3 aliphatic rings. The molecule has 2 aromatic carbocycles. The first kappa shape index (κ1) is 26.6. The summed E-state index contributed by atoms with van der Waals surface area (Å²) >= 11 is 0. The molecule has 0 radical (unpaired) electrons. The topological polar surface area (TPSA) is 26.3 Å². The van der Waals surface area contributed by atoms with Gasteiger partial charge >= 0.3 is 0 Å². The van der Waals surface area contributed by atoms with Crippen LogP contribution in [0.4, 0.5) is 0 Å². The van der Waals surface area contributed by atoms with Gasteiger partial charge in [0.2, 0.25) is 0 Å². The molecular formula is C34H46O2Si. The quantitative estimate of drug-likeness (QED) is 0.180. The standard InChI is InChI=1S/C34H46O2Si/c1-5-6-19-29-30(33(35)32-26-22-21-25(24-26)31(29)32)20-13-14-23-36-37(34(2,3)4,27-15-9-7-10-16-27)28-17-11-8-12-18-28/h7-12,15-18,21-22,25-26,29-32H,5-6,13-14,19-20,23-24H2,1-4H3/t25-,26+,29+,30+,31?,32?/m1/s1. The Morgan fingerprint density at radius 2 is 1.46 bits per heavy atom. The fourth-order valence-corrected chi connectivity index (χ4v) is 12.8. The summed E-state index contributed by atoms with van der Waals surface area (Å²) in [6.07, 6.45) is 12.9. The van der Waals surface area contributed by atoms with E-state index in [9.17, 15) is 4.79 Å². The van der Waals surface area contributed by atoms with Crippen molar-refractivity contribution >= 4 is 24.5 Å². The van der Waals surface area contributed by atoms with Gasteiger partial charge in [0.15, 0.2) is 0 Å². The highest BCUT2D eigenvalue weighted by Gasteiger charge is 2.58. The molecule has 2 fully saturated rings. The number of allylic oxidation sites excluding steroid dienone is 2. The Hall–Kier alpha value is -1.97. The molecule has 0 spiro atoms. The SMILES string of the molecule is CCCC[C@@H]1C2C(C(=O)[C@H]1CCCCO[Si](c1ccccc1)(c1ccccc1)C(C)(C)C)[C@H]1C=C[C@@H]2C1. The van der Waals surface area contributed by atoms with Crippen LogP contribution in [0.3, 0.4) is 0 Å². The van der Waals surface area contributed by atoms with Crippen molar-refractivity contribution in [3.05, 3.63) is 72.8 Å². The third-order valence-electron chi connectivity index (χ3n) is 9.76. The molecule has 2 nitrogen and oxygen atoms in total. The Kier molecular flexibility index (Phi) is 7.93. The van der Waals surface area contributed by atoms with E-state index in [-0.39, 0.29) is 11.0 Å². The number of Topliss-reactive ketones (excluding diaryl/α,β-unsaturated/α-hetero) is 1. The van der Waals surface area contributed by atoms with E-state index in [0.717, 1.165) is 25.9 Å². The van der Waals surface area contributed by atoms with Gasteiger partial charge < -0.3 is 4.43 Å². The van der Waals surface area contributed by atoms with Crippen LogP contribution < -0.4 is 10.4 Å². The molecule has 3 heteroatoms. The van der Waals surface area contributed by atoms with Crippen molar-refractivity contribution in [1.82, 2.24) is 0 Å². The fourth-order valence-electron chi connectivity index (χ4n) is 8.21. The number of hydrogen-bond donors (Lipinski definition) is 0. The Balaban J connectivity index is 1.28. The van der Waals surface area contributed by atoms with Crippen LogP contribution in [-0.4, -0.2) is 20.7 Å². The van der Waals surface area contributed by atoms with E-state index in [0.29, 0.717) is 35.4 Å². The van der Waals surface area contributed by atoms with Gasteiger partial charge in [0, 0.05) is 18.4 Å². The monoisotopic (exact) mass is 514 g/mol. The normalized spacial score (nSPS) is 28.7. The third kappa shape index (κ3) is 4.83. The molecule has 0 saturated heterocycles. The molecule has 2 unspecified atom stereocenters. The summed E-state index contributed by atoms with van der Waals surface area (Å²) in [5.74, 6) is 3.66. The minimum atomic E-state index is -2.48. The zero-order chi connectivity index (χ0) is 26.0. The molecule has 0 N–H and O–H groups in total. The first-order valence-electron chi connectivity index (χ1n) is 14.9. The number of benzene rings is 2. The van der Waals surface area contributed by atoms with Crippen LogP contribution in [0.2, 0.25) is 5.04 Å². The van der Waals surface area contributed by atoms with Crippen molar-refractivity contribution in [3.8, 4) is 0 Å². The minimum absolute atomic E-state index is 0.00605. The lowest BCUT2D eigenvalue weighted by molar-refractivity contribution is -0.125. The van der Waals surface area contributed by atoms with E-state index in [1.807, 2.05) is 0 Å². The van der Waals surface area contributed by atoms with Gasteiger partial charge in [0.1, 0.15) is 5.78 Å². The Morgan fingerprint density at radius 1 is 0.838 bits per heavy atom. The summed E-state index contributed by atoms with van der Waals surface area (Å²) in [6.45, 7) is 10.1. The van der Waals surface area contributed by atoms with Crippen LogP contribution in [0, 0.1) is 35.5 Å². The highest BCUT2D eigenvalue weighted by atomic mass is 28.4. The van der Waals surface area contributed by atoms with Gasteiger partial charge in [-0.1, -0.05) is 120 Å². The average Bonchev–Trinajstić information content (AvgIpc) is 3.59. The number of unbranched alkanes of at least 4 members (excludes halogenated alkanes) is 2. The fraction of sp³-hybridized carbons (Fsp3) is 0.559. The molecule has 6 atom stereocenters. The van der Waals surface area contributed by atoms with Crippen LogP contribution in [0.1, 0.15) is 72.6 Å². The van der Waals surface area contributed by atoms with Gasteiger partial charge in [-0.15, -0.1) is 0 Å². The lowest BCUT2D eigenvalue weighted by atomic mass is 9.77. The number of hydrogen-bond acceptors (Lipinski definition) is 2. The zero-order valence-corrected chi connectivity index (χ0v) is 24.4. The Labute approximate surface area is 226 Å². The van der Waals surface area contributed by atoms with Gasteiger partial charge in [0.05, 0.1) is 0 Å². The summed E-state index contributed by atoms with van der Waals surface area (Å²) in [7, 11) is -2.48. The van der Waals surface area contributed by atoms with Crippen molar-refractivity contribution in [2.45, 2.75) is 77.7 Å². The first-order valence-corrected chi connectivity index (χ1v) is 16.8. The van der Waals surface area contributed by atoms with Crippen molar-refractivity contribution in [1.29, 1.82) is 0 Å². The number of carbonyl (C=O) groups excluding carboxylic acids is 1. The molecule has 2 saturated carbocycles. The lowest BCUT2D eigenvalue weighted by Gasteiger charge is -2.43. The molecule has 0 amide bonds. The van der Waals surface area contributed by atoms with Crippen molar-refractivity contribution < 1.29 is 9.22 Å². The summed E-state index contributed by atoms with van der Waals surface area (Å²) in [5, 5.41) is 2.69. The van der Waals surface area contributed by atoms with Crippen LogP contribution in [0.5, 0.6) is 0 Å².